The molecule has 4 heteroatoms. The number of rotatable bonds is 6. The molecule has 13 rings (SSSR count). The SMILES string of the molecule is N#Cc1ccc2c3c1ccc1c(-c4c5ccccc5c(-c5ccc(-c6nc(-c7ccccc7)cc(-c7ccccc7)n6)c6ccccc56)c5ccccc45)ccc(c13)n2-c1ccccc1. The fraction of sp³-hybridized carbons (Fsp3) is 0. The lowest BCUT2D eigenvalue weighted by Gasteiger charge is -2.20. The van der Waals surface area contributed by atoms with Crippen LogP contribution in [0.3, 0.4) is 0 Å². The van der Waals surface area contributed by atoms with Crippen molar-refractivity contribution in [2.45, 2.75) is 0 Å². The minimum atomic E-state index is 0.683. The van der Waals surface area contributed by atoms with Crippen molar-refractivity contribution < 1.29 is 0 Å². The van der Waals surface area contributed by atoms with Crippen LogP contribution in [-0.2, 0) is 0 Å². The van der Waals surface area contributed by atoms with Crippen molar-refractivity contribution in [1.82, 2.24) is 14.5 Å². The zero-order valence-electron chi connectivity index (χ0n) is 35.1. The van der Waals surface area contributed by atoms with Gasteiger partial charge in [-0.25, -0.2) is 9.97 Å². The van der Waals surface area contributed by atoms with E-state index < -0.39 is 0 Å². The number of fused-ring (bicyclic) bond motifs is 3. The van der Waals surface area contributed by atoms with Crippen molar-refractivity contribution >= 4 is 64.9 Å². The van der Waals surface area contributed by atoms with E-state index in [0.717, 1.165) is 82.9 Å². The number of aromatic nitrogens is 3. The molecule has 4 nitrogen and oxygen atoms in total. The standard InChI is InChI=1S/C61H36N4/c62-37-40-28-34-55-59-42(40)29-30-51-50(33-35-56(60(51)59)65(55)41-20-8-3-9-21-41)58-47-26-14-12-24-45(47)57(46-25-13-15-27-48(46)58)49-31-32-52(44-23-11-10-22-43(44)49)61-63-53(38-16-4-1-5-17-38)36-54(64-61)39-18-6-2-7-19-39/h1-36H. The van der Waals surface area contributed by atoms with Crippen molar-refractivity contribution in [1.29, 1.82) is 5.26 Å². The second-order valence-electron chi connectivity index (χ2n) is 16.7. The van der Waals surface area contributed by atoms with Gasteiger partial charge in [0.2, 0.25) is 0 Å². The predicted octanol–water partition coefficient (Wildman–Crippen LogP) is 15.8. The van der Waals surface area contributed by atoms with Gasteiger partial charge in [0, 0.05) is 38.5 Å². The molecule has 0 saturated carbocycles. The summed E-state index contributed by atoms with van der Waals surface area (Å²) < 4.78 is 2.34. The lowest BCUT2D eigenvalue weighted by atomic mass is 9.83. The molecule has 0 atom stereocenters. The Labute approximate surface area is 374 Å². The number of benzene rings is 11. The Morgan fingerprint density at radius 2 is 0.769 bits per heavy atom. The van der Waals surface area contributed by atoms with Gasteiger partial charge in [-0.2, -0.15) is 5.26 Å². The molecule has 2 aromatic heterocycles. The Balaban J connectivity index is 1.06. The normalized spacial score (nSPS) is 11.7. The van der Waals surface area contributed by atoms with Gasteiger partial charge in [0.25, 0.3) is 0 Å². The number of nitrogens with zero attached hydrogens (tertiary/aromatic N) is 4. The largest absolute Gasteiger partial charge is 0.309 e. The lowest BCUT2D eigenvalue weighted by molar-refractivity contribution is 1.18. The fourth-order valence-corrected chi connectivity index (χ4v) is 10.4. The molecule has 0 spiro atoms. The molecule has 11 aromatic carbocycles. The summed E-state index contributed by atoms with van der Waals surface area (Å²) in [5.41, 5.74) is 13.5. The van der Waals surface area contributed by atoms with E-state index in [0.29, 0.717) is 11.4 Å². The molecule has 0 unspecified atom stereocenters. The topological polar surface area (TPSA) is 54.5 Å². The van der Waals surface area contributed by atoms with Crippen LogP contribution in [0.2, 0.25) is 0 Å². The maximum Gasteiger partial charge on any atom is 0.161 e. The predicted molar refractivity (Wildman–Crippen MR) is 269 cm³/mol. The van der Waals surface area contributed by atoms with Crippen molar-refractivity contribution in [2.24, 2.45) is 0 Å². The first-order valence-corrected chi connectivity index (χ1v) is 22.0. The van der Waals surface area contributed by atoms with E-state index in [1.165, 1.54) is 38.1 Å². The quantitative estimate of drug-likeness (QED) is 0.124. The first-order valence-electron chi connectivity index (χ1n) is 22.0. The van der Waals surface area contributed by atoms with Gasteiger partial charge in [-0.15, -0.1) is 0 Å². The molecule has 65 heavy (non-hydrogen) atoms. The monoisotopic (exact) mass is 824 g/mol. The highest BCUT2D eigenvalue weighted by molar-refractivity contribution is 6.31. The molecular weight excluding hydrogens is 789 g/mol. The van der Waals surface area contributed by atoms with Crippen LogP contribution in [0.4, 0.5) is 0 Å². The number of hydrogen-bond donors (Lipinski definition) is 0. The molecule has 0 saturated heterocycles. The minimum absolute atomic E-state index is 0.683. The summed E-state index contributed by atoms with van der Waals surface area (Å²) in [4.78, 5) is 10.5. The maximum absolute atomic E-state index is 10.3. The Bertz CT molecular complexity index is 3940. The number of hydrogen-bond acceptors (Lipinski definition) is 3. The van der Waals surface area contributed by atoms with E-state index in [1.54, 1.807) is 0 Å². The second kappa shape index (κ2) is 14.6. The van der Waals surface area contributed by atoms with E-state index in [1.807, 2.05) is 18.2 Å². The van der Waals surface area contributed by atoms with E-state index in [9.17, 15) is 5.26 Å². The zero-order valence-corrected chi connectivity index (χ0v) is 35.1. The number of para-hydroxylation sites is 1. The zero-order chi connectivity index (χ0) is 43.0. The summed E-state index contributed by atoms with van der Waals surface area (Å²) in [6.45, 7) is 0. The van der Waals surface area contributed by atoms with E-state index >= 15 is 0 Å². The second-order valence-corrected chi connectivity index (χ2v) is 16.7. The molecule has 300 valence electrons. The minimum Gasteiger partial charge on any atom is -0.309 e. The summed E-state index contributed by atoms with van der Waals surface area (Å²) in [6.07, 6.45) is 0. The highest BCUT2D eigenvalue weighted by atomic mass is 15.0. The third-order valence-electron chi connectivity index (χ3n) is 13.2. The third kappa shape index (κ3) is 5.63. The van der Waals surface area contributed by atoms with Gasteiger partial charge < -0.3 is 4.57 Å². The lowest BCUT2D eigenvalue weighted by Crippen LogP contribution is -1.97. The van der Waals surface area contributed by atoms with Gasteiger partial charge in [0.05, 0.1) is 34.1 Å². The van der Waals surface area contributed by atoms with Gasteiger partial charge in [-0.05, 0) is 102 Å². The van der Waals surface area contributed by atoms with Crippen LogP contribution < -0.4 is 0 Å². The highest BCUT2D eigenvalue weighted by Crippen LogP contribution is 2.50. The highest BCUT2D eigenvalue weighted by Gasteiger charge is 2.24. The molecule has 0 bridgehead atoms. The summed E-state index contributed by atoms with van der Waals surface area (Å²) in [7, 11) is 0. The van der Waals surface area contributed by atoms with Crippen molar-refractivity contribution in [3.63, 3.8) is 0 Å². The number of nitriles is 1. The molecule has 0 amide bonds. The van der Waals surface area contributed by atoms with Gasteiger partial charge in [0.1, 0.15) is 0 Å². The van der Waals surface area contributed by atoms with Crippen molar-refractivity contribution in [2.75, 3.05) is 0 Å². The van der Waals surface area contributed by atoms with Gasteiger partial charge in [-0.3, -0.25) is 0 Å². The third-order valence-corrected chi connectivity index (χ3v) is 13.2. The average Bonchev–Trinajstić information content (AvgIpc) is 3.73. The van der Waals surface area contributed by atoms with Crippen molar-refractivity contribution in [3.05, 3.63) is 224 Å². The molecule has 2 heterocycles. The molecular formula is C61H36N4. The Hall–Kier alpha value is -8.91. The fourth-order valence-electron chi connectivity index (χ4n) is 10.4. The first-order chi connectivity index (χ1) is 32.2. The first kappa shape index (κ1) is 36.7. The van der Waals surface area contributed by atoms with Gasteiger partial charge in [0.15, 0.2) is 5.82 Å². The van der Waals surface area contributed by atoms with E-state index in [-0.39, 0.29) is 0 Å². The Morgan fingerprint density at radius 1 is 0.354 bits per heavy atom. The van der Waals surface area contributed by atoms with Crippen LogP contribution in [0.15, 0.2) is 218 Å². The van der Waals surface area contributed by atoms with Gasteiger partial charge in [-0.1, -0.05) is 176 Å². The molecule has 0 aliphatic rings. The van der Waals surface area contributed by atoms with Crippen LogP contribution in [0.5, 0.6) is 0 Å². The maximum atomic E-state index is 10.3. The smallest absolute Gasteiger partial charge is 0.161 e. The molecule has 0 radical (unpaired) electrons. The van der Waals surface area contributed by atoms with Crippen molar-refractivity contribution in [3.8, 4) is 67.9 Å². The van der Waals surface area contributed by atoms with Crippen LogP contribution in [-0.4, -0.2) is 14.5 Å². The van der Waals surface area contributed by atoms with Crippen LogP contribution >= 0.6 is 0 Å². The van der Waals surface area contributed by atoms with E-state index in [4.69, 9.17) is 9.97 Å². The Morgan fingerprint density at radius 3 is 1.32 bits per heavy atom. The molecule has 0 fully saturated rings. The molecule has 0 N–H and O–H groups in total. The van der Waals surface area contributed by atoms with Gasteiger partial charge >= 0.3 is 0 Å². The summed E-state index contributed by atoms with van der Waals surface area (Å²) >= 11 is 0. The molecule has 13 aromatic rings. The summed E-state index contributed by atoms with van der Waals surface area (Å²) in [5.74, 6) is 0.689. The van der Waals surface area contributed by atoms with Crippen LogP contribution in [0, 0.1) is 11.3 Å². The summed E-state index contributed by atoms with van der Waals surface area (Å²) in [5, 5.41) is 21.6. The molecule has 0 aliphatic carbocycles. The van der Waals surface area contributed by atoms with Crippen LogP contribution in [0.25, 0.3) is 127 Å². The summed E-state index contributed by atoms with van der Waals surface area (Å²) in [6, 6.07) is 79.8. The average molecular weight is 825 g/mol. The Kier molecular flexibility index (Phi) is 8.24. The molecule has 0 aliphatic heterocycles. The van der Waals surface area contributed by atoms with Crippen LogP contribution in [0.1, 0.15) is 5.56 Å². The van der Waals surface area contributed by atoms with E-state index in [2.05, 4.69) is 211 Å².